The van der Waals surface area contributed by atoms with Gasteiger partial charge in [0, 0.05) is 13.1 Å². The van der Waals surface area contributed by atoms with E-state index in [2.05, 4.69) is 51.2 Å². The number of morpholine rings is 1. The van der Waals surface area contributed by atoms with Crippen LogP contribution in [0.1, 0.15) is 50.7 Å². The zero-order chi connectivity index (χ0) is 14.5. The van der Waals surface area contributed by atoms with Gasteiger partial charge in [-0.05, 0) is 23.0 Å². The zero-order valence-electron chi connectivity index (χ0n) is 13.1. The highest BCUT2D eigenvalue weighted by Crippen LogP contribution is 2.34. The van der Waals surface area contributed by atoms with Crippen molar-refractivity contribution in [1.29, 1.82) is 0 Å². The van der Waals surface area contributed by atoms with E-state index >= 15 is 0 Å². The maximum absolute atomic E-state index is 6.17. The standard InChI is InChI=1S/C17H27NO2/c1-12(2)15-6-5-7-16(13(3)4)17(15)20-11-14-10-18-8-9-19-14/h5-7,12-14,18H,8-11H2,1-4H3. The molecule has 1 aromatic carbocycles. The van der Waals surface area contributed by atoms with E-state index in [-0.39, 0.29) is 6.10 Å². The molecule has 1 heterocycles. The molecule has 1 unspecified atom stereocenters. The van der Waals surface area contributed by atoms with Gasteiger partial charge < -0.3 is 14.8 Å². The van der Waals surface area contributed by atoms with Crippen molar-refractivity contribution in [1.82, 2.24) is 5.32 Å². The highest BCUT2D eigenvalue weighted by atomic mass is 16.5. The van der Waals surface area contributed by atoms with Gasteiger partial charge in [-0.3, -0.25) is 0 Å². The third kappa shape index (κ3) is 3.74. The number of hydrogen-bond acceptors (Lipinski definition) is 3. The summed E-state index contributed by atoms with van der Waals surface area (Å²) in [5.41, 5.74) is 2.58. The maximum atomic E-state index is 6.17. The summed E-state index contributed by atoms with van der Waals surface area (Å²) >= 11 is 0. The molecule has 0 saturated carbocycles. The molecule has 1 fully saturated rings. The van der Waals surface area contributed by atoms with Crippen LogP contribution < -0.4 is 10.1 Å². The summed E-state index contributed by atoms with van der Waals surface area (Å²) in [7, 11) is 0. The Balaban J connectivity index is 2.14. The molecule has 0 bridgehead atoms. The lowest BCUT2D eigenvalue weighted by Gasteiger charge is -2.26. The highest BCUT2D eigenvalue weighted by molar-refractivity contribution is 5.44. The molecule has 3 heteroatoms. The number of ether oxygens (including phenoxy) is 2. The second-order valence-electron chi connectivity index (χ2n) is 6.08. The second kappa shape index (κ2) is 7.09. The largest absolute Gasteiger partial charge is 0.490 e. The van der Waals surface area contributed by atoms with Gasteiger partial charge in [0.05, 0.1) is 6.61 Å². The first kappa shape index (κ1) is 15.3. The molecule has 1 aromatic rings. The summed E-state index contributed by atoms with van der Waals surface area (Å²) in [6, 6.07) is 6.48. The van der Waals surface area contributed by atoms with E-state index in [0.29, 0.717) is 18.4 Å². The predicted octanol–water partition coefficient (Wildman–Crippen LogP) is 3.30. The second-order valence-corrected chi connectivity index (χ2v) is 6.08. The first-order chi connectivity index (χ1) is 9.59. The van der Waals surface area contributed by atoms with Gasteiger partial charge >= 0.3 is 0 Å². The van der Waals surface area contributed by atoms with Crippen molar-refractivity contribution in [2.24, 2.45) is 0 Å². The van der Waals surface area contributed by atoms with Crippen LogP contribution in [0.2, 0.25) is 0 Å². The first-order valence-corrected chi connectivity index (χ1v) is 7.67. The third-order valence-corrected chi connectivity index (χ3v) is 3.74. The van der Waals surface area contributed by atoms with Crippen molar-refractivity contribution in [2.75, 3.05) is 26.3 Å². The lowest BCUT2D eigenvalue weighted by molar-refractivity contribution is -0.000264. The Hall–Kier alpha value is -1.06. The van der Waals surface area contributed by atoms with Crippen molar-refractivity contribution < 1.29 is 9.47 Å². The minimum Gasteiger partial charge on any atom is -0.490 e. The monoisotopic (exact) mass is 277 g/mol. The summed E-state index contributed by atoms with van der Waals surface area (Å²) in [5.74, 6) is 2.00. The quantitative estimate of drug-likeness (QED) is 0.895. The van der Waals surface area contributed by atoms with Crippen LogP contribution in [0.5, 0.6) is 5.75 Å². The van der Waals surface area contributed by atoms with E-state index in [4.69, 9.17) is 9.47 Å². The minimum atomic E-state index is 0.156. The molecule has 20 heavy (non-hydrogen) atoms. The first-order valence-electron chi connectivity index (χ1n) is 7.67. The van der Waals surface area contributed by atoms with E-state index in [9.17, 15) is 0 Å². The molecule has 1 aliphatic heterocycles. The van der Waals surface area contributed by atoms with Crippen LogP contribution in [-0.4, -0.2) is 32.4 Å². The zero-order valence-corrected chi connectivity index (χ0v) is 13.1. The van der Waals surface area contributed by atoms with Crippen molar-refractivity contribution in [3.63, 3.8) is 0 Å². The van der Waals surface area contributed by atoms with Crippen LogP contribution in [0.25, 0.3) is 0 Å². The molecule has 0 aromatic heterocycles. The van der Waals surface area contributed by atoms with Gasteiger partial charge in [-0.25, -0.2) is 0 Å². The van der Waals surface area contributed by atoms with Gasteiger partial charge in [-0.15, -0.1) is 0 Å². The van der Waals surface area contributed by atoms with Crippen LogP contribution in [0, 0.1) is 0 Å². The molecule has 1 saturated heterocycles. The number of rotatable bonds is 5. The summed E-state index contributed by atoms with van der Waals surface area (Å²) in [5, 5.41) is 3.34. The van der Waals surface area contributed by atoms with Crippen LogP contribution in [0.3, 0.4) is 0 Å². The Morgan fingerprint density at radius 1 is 1.20 bits per heavy atom. The molecule has 1 aliphatic rings. The molecule has 1 atom stereocenters. The van der Waals surface area contributed by atoms with Crippen LogP contribution in [0.15, 0.2) is 18.2 Å². The molecule has 1 N–H and O–H groups in total. The van der Waals surface area contributed by atoms with Crippen LogP contribution >= 0.6 is 0 Å². The Kier molecular flexibility index (Phi) is 5.44. The van der Waals surface area contributed by atoms with Gasteiger partial charge in [0.2, 0.25) is 0 Å². The minimum absolute atomic E-state index is 0.156. The molecule has 0 aliphatic carbocycles. The molecule has 0 radical (unpaired) electrons. The fourth-order valence-corrected chi connectivity index (χ4v) is 2.55. The van der Waals surface area contributed by atoms with Crippen LogP contribution in [-0.2, 0) is 4.74 Å². The summed E-state index contributed by atoms with van der Waals surface area (Å²) in [4.78, 5) is 0. The average Bonchev–Trinajstić information content (AvgIpc) is 2.45. The van der Waals surface area contributed by atoms with Gasteiger partial charge in [-0.1, -0.05) is 45.9 Å². The molecule has 112 valence electrons. The number of benzene rings is 1. The Bertz CT molecular complexity index is 397. The van der Waals surface area contributed by atoms with Gasteiger partial charge in [0.25, 0.3) is 0 Å². The lowest BCUT2D eigenvalue weighted by atomic mass is 9.94. The summed E-state index contributed by atoms with van der Waals surface area (Å²) < 4.78 is 11.9. The van der Waals surface area contributed by atoms with E-state index in [1.807, 2.05) is 0 Å². The lowest BCUT2D eigenvalue weighted by Crippen LogP contribution is -2.41. The fraction of sp³-hybridized carbons (Fsp3) is 0.647. The van der Waals surface area contributed by atoms with Gasteiger partial charge in [0.15, 0.2) is 0 Å². The number of hydrogen-bond donors (Lipinski definition) is 1. The molecule has 0 spiro atoms. The fourth-order valence-electron chi connectivity index (χ4n) is 2.55. The molecule has 2 rings (SSSR count). The van der Waals surface area contributed by atoms with Crippen LogP contribution in [0.4, 0.5) is 0 Å². The van der Waals surface area contributed by atoms with Gasteiger partial charge in [0.1, 0.15) is 18.5 Å². The summed E-state index contributed by atoms with van der Waals surface area (Å²) in [6.45, 7) is 12.1. The van der Waals surface area contributed by atoms with E-state index in [1.165, 1.54) is 11.1 Å². The van der Waals surface area contributed by atoms with E-state index in [0.717, 1.165) is 25.4 Å². The Morgan fingerprint density at radius 2 is 1.85 bits per heavy atom. The topological polar surface area (TPSA) is 30.5 Å². The van der Waals surface area contributed by atoms with E-state index < -0.39 is 0 Å². The molecular weight excluding hydrogens is 250 g/mol. The maximum Gasteiger partial charge on any atom is 0.126 e. The molecule has 0 amide bonds. The number of para-hydroxylation sites is 1. The van der Waals surface area contributed by atoms with Crippen molar-refractivity contribution in [3.8, 4) is 5.75 Å². The Labute approximate surface area is 122 Å². The molecular formula is C17H27NO2. The van der Waals surface area contributed by atoms with Crippen molar-refractivity contribution in [2.45, 2.75) is 45.6 Å². The smallest absolute Gasteiger partial charge is 0.126 e. The molecule has 3 nitrogen and oxygen atoms in total. The van der Waals surface area contributed by atoms with Crippen molar-refractivity contribution in [3.05, 3.63) is 29.3 Å². The van der Waals surface area contributed by atoms with Gasteiger partial charge in [-0.2, -0.15) is 0 Å². The SMILES string of the molecule is CC(C)c1cccc(C(C)C)c1OCC1CNCCO1. The Morgan fingerprint density at radius 3 is 2.35 bits per heavy atom. The average molecular weight is 277 g/mol. The summed E-state index contributed by atoms with van der Waals surface area (Å²) in [6.07, 6.45) is 0.156. The highest BCUT2D eigenvalue weighted by Gasteiger charge is 2.18. The van der Waals surface area contributed by atoms with E-state index in [1.54, 1.807) is 0 Å². The normalized spacial score (nSPS) is 19.6. The van der Waals surface area contributed by atoms with Crippen molar-refractivity contribution >= 4 is 0 Å². The number of nitrogens with one attached hydrogen (secondary N) is 1. The predicted molar refractivity (Wildman–Crippen MR) is 82.7 cm³/mol. The third-order valence-electron chi connectivity index (χ3n) is 3.74.